The molecule has 0 aliphatic heterocycles. The van der Waals surface area contributed by atoms with E-state index in [1.54, 1.807) is 36.4 Å². The van der Waals surface area contributed by atoms with Crippen molar-refractivity contribution >= 4 is 68.1 Å². The monoisotopic (exact) mass is 490 g/mol. The van der Waals surface area contributed by atoms with Gasteiger partial charge in [0, 0.05) is 29.5 Å². The van der Waals surface area contributed by atoms with Gasteiger partial charge >= 0.3 is 0 Å². The molecule has 0 aliphatic carbocycles. The van der Waals surface area contributed by atoms with Crippen LogP contribution >= 0.6 is 23.1 Å². The van der Waals surface area contributed by atoms with Gasteiger partial charge in [-0.3, -0.25) is 14.4 Å². The average molecular weight is 491 g/mol. The molecule has 1 aromatic heterocycles. The third-order valence-corrected chi connectivity index (χ3v) is 6.92. The first-order valence-corrected chi connectivity index (χ1v) is 12.2. The predicted molar refractivity (Wildman–Crippen MR) is 139 cm³/mol. The number of carbonyl (C=O) groups is 3. The Morgan fingerprint density at radius 2 is 1.50 bits per heavy atom. The second-order valence-electron chi connectivity index (χ2n) is 7.58. The van der Waals surface area contributed by atoms with E-state index in [0.717, 1.165) is 20.1 Å². The minimum Gasteiger partial charge on any atom is -0.326 e. The Bertz CT molecular complexity index is 1350. The summed E-state index contributed by atoms with van der Waals surface area (Å²) >= 11 is 2.83. The lowest BCUT2D eigenvalue weighted by Crippen LogP contribution is -2.14. The summed E-state index contributed by atoms with van der Waals surface area (Å²) in [5.41, 5.74) is 4.53. The molecule has 4 aromatic rings. The number of fused-ring (bicyclic) bond motifs is 1. The molecule has 172 valence electrons. The fraction of sp³-hybridized carbons (Fsp3) is 0.120. The highest BCUT2D eigenvalue weighted by atomic mass is 32.2. The number of hydrogen-bond acceptors (Lipinski definition) is 6. The van der Waals surface area contributed by atoms with Gasteiger partial charge in [-0.25, -0.2) is 4.98 Å². The van der Waals surface area contributed by atoms with Crippen LogP contribution in [0, 0.1) is 6.92 Å². The average Bonchev–Trinajstić information content (AvgIpc) is 3.21. The number of rotatable bonds is 7. The van der Waals surface area contributed by atoms with Gasteiger partial charge in [-0.15, -0.1) is 11.3 Å². The molecule has 0 spiro atoms. The second kappa shape index (κ2) is 10.5. The lowest BCUT2D eigenvalue weighted by Gasteiger charge is -2.06. The molecular formula is C25H22N4O3S2. The first-order valence-electron chi connectivity index (χ1n) is 10.4. The van der Waals surface area contributed by atoms with E-state index in [9.17, 15) is 14.4 Å². The van der Waals surface area contributed by atoms with Crippen molar-refractivity contribution in [1.82, 2.24) is 4.98 Å². The number of nitrogens with one attached hydrogen (secondary N) is 3. The number of anilines is 3. The topological polar surface area (TPSA) is 100 Å². The zero-order chi connectivity index (χ0) is 24.1. The summed E-state index contributed by atoms with van der Waals surface area (Å²) in [5.74, 6) is -0.253. The van der Waals surface area contributed by atoms with Crippen LogP contribution in [-0.4, -0.2) is 28.5 Å². The number of thiazole rings is 1. The molecule has 1 heterocycles. The van der Waals surface area contributed by atoms with Crippen molar-refractivity contribution in [1.29, 1.82) is 0 Å². The minimum absolute atomic E-state index is 0.148. The lowest BCUT2D eigenvalue weighted by molar-refractivity contribution is -0.114. The number of aromatic nitrogens is 1. The summed E-state index contributed by atoms with van der Waals surface area (Å²) in [6, 6.07) is 19.9. The van der Waals surface area contributed by atoms with E-state index in [4.69, 9.17) is 0 Å². The van der Waals surface area contributed by atoms with Crippen LogP contribution in [-0.2, 0) is 9.59 Å². The van der Waals surface area contributed by atoms with Crippen molar-refractivity contribution in [3.8, 4) is 0 Å². The third-order valence-electron chi connectivity index (χ3n) is 4.76. The Morgan fingerprint density at radius 3 is 2.18 bits per heavy atom. The standard InChI is InChI=1S/C25H22N4O3S2/c1-15-3-5-17(6-4-15)24(32)28-20-11-12-21-22(13-20)34-25(29-21)33-14-23(31)27-19-9-7-18(8-10-19)26-16(2)30/h3-13H,14H2,1-2H3,(H,26,30)(H,27,31)(H,28,32). The molecule has 9 heteroatoms. The maximum Gasteiger partial charge on any atom is 0.255 e. The molecule has 0 atom stereocenters. The lowest BCUT2D eigenvalue weighted by atomic mass is 10.1. The zero-order valence-electron chi connectivity index (χ0n) is 18.5. The number of thioether (sulfide) groups is 1. The molecule has 0 radical (unpaired) electrons. The molecule has 4 rings (SSSR count). The predicted octanol–water partition coefficient (Wildman–Crippen LogP) is 5.55. The highest BCUT2D eigenvalue weighted by molar-refractivity contribution is 8.01. The molecule has 0 saturated heterocycles. The maximum absolute atomic E-state index is 12.5. The maximum atomic E-state index is 12.5. The van der Waals surface area contributed by atoms with Crippen LogP contribution in [0.4, 0.5) is 17.1 Å². The molecular weight excluding hydrogens is 468 g/mol. The van der Waals surface area contributed by atoms with Crippen LogP contribution in [0.3, 0.4) is 0 Å². The first-order chi connectivity index (χ1) is 16.4. The Kier molecular flexibility index (Phi) is 7.24. The molecule has 7 nitrogen and oxygen atoms in total. The van der Waals surface area contributed by atoms with Gasteiger partial charge in [0.25, 0.3) is 5.91 Å². The number of aryl methyl sites for hydroxylation is 1. The van der Waals surface area contributed by atoms with E-state index in [-0.39, 0.29) is 23.5 Å². The van der Waals surface area contributed by atoms with Crippen molar-refractivity contribution in [2.24, 2.45) is 0 Å². The fourth-order valence-corrected chi connectivity index (χ4v) is 5.02. The van der Waals surface area contributed by atoms with Crippen LogP contribution in [0.5, 0.6) is 0 Å². The summed E-state index contributed by atoms with van der Waals surface area (Å²) in [6.07, 6.45) is 0. The minimum atomic E-state index is -0.166. The Balaban J connectivity index is 1.33. The van der Waals surface area contributed by atoms with Gasteiger partial charge < -0.3 is 16.0 Å². The number of hydrogen-bond donors (Lipinski definition) is 3. The van der Waals surface area contributed by atoms with Crippen molar-refractivity contribution in [2.75, 3.05) is 21.7 Å². The van der Waals surface area contributed by atoms with Crippen LogP contribution in [0.25, 0.3) is 10.2 Å². The quantitative estimate of drug-likeness (QED) is 0.295. The number of nitrogens with zero attached hydrogens (tertiary/aromatic N) is 1. The van der Waals surface area contributed by atoms with E-state index < -0.39 is 0 Å². The van der Waals surface area contributed by atoms with Crippen molar-refractivity contribution < 1.29 is 14.4 Å². The highest BCUT2D eigenvalue weighted by Crippen LogP contribution is 2.31. The SMILES string of the molecule is CC(=O)Nc1ccc(NC(=O)CSc2nc3ccc(NC(=O)c4ccc(C)cc4)cc3s2)cc1. The zero-order valence-corrected chi connectivity index (χ0v) is 20.2. The Labute approximate surface area is 205 Å². The summed E-state index contributed by atoms with van der Waals surface area (Å²) in [7, 11) is 0. The molecule has 3 amide bonds. The van der Waals surface area contributed by atoms with Crippen LogP contribution in [0.15, 0.2) is 71.1 Å². The van der Waals surface area contributed by atoms with E-state index in [0.29, 0.717) is 22.6 Å². The summed E-state index contributed by atoms with van der Waals surface area (Å²) in [4.78, 5) is 40.4. The number of benzene rings is 3. The smallest absolute Gasteiger partial charge is 0.255 e. The molecule has 0 saturated carbocycles. The van der Waals surface area contributed by atoms with Crippen LogP contribution in [0.2, 0.25) is 0 Å². The first kappa shape index (κ1) is 23.5. The Hall–Kier alpha value is -3.69. The highest BCUT2D eigenvalue weighted by Gasteiger charge is 2.11. The van der Waals surface area contributed by atoms with E-state index >= 15 is 0 Å². The van der Waals surface area contributed by atoms with Gasteiger partial charge in [0.1, 0.15) is 0 Å². The van der Waals surface area contributed by atoms with E-state index in [1.807, 2.05) is 37.3 Å². The molecule has 34 heavy (non-hydrogen) atoms. The molecule has 0 bridgehead atoms. The molecule has 0 unspecified atom stereocenters. The molecule has 0 aliphatic rings. The number of carbonyl (C=O) groups excluding carboxylic acids is 3. The van der Waals surface area contributed by atoms with Gasteiger partial charge in [0.05, 0.1) is 16.0 Å². The molecule has 3 N–H and O–H groups in total. The van der Waals surface area contributed by atoms with Gasteiger partial charge in [0.2, 0.25) is 11.8 Å². The van der Waals surface area contributed by atoms with Crippen molar-refractivity contribution in [2.45, 2.75) is 18.2 Å². The normalized spacial score (nSPS) is 10.6. The Morgan fingerprint density at radius 1 is 0.853 bits per heavy atom. The fourth-order valence-electron chi connectivity index (χ4n) is 3.12. The summed E-state index contributed by atoms with van der Waals surface area (Å²) < 4.78 is 1.70. The van der Waals surface area contributed by atoms with E-state index in [1.165, 1.54) is 30.0 Å². The van der Waals surface area contributed by atoms with Gasteiger partial charge in [0.15, 0.2) is 4.34 Å². The van der Waals surface area contributed by atoms with Gasteiger partial charge in [-0.05, 0) is 61.5 Å². The van der Waals surface area contributed by atoms with Gasteiger partial charge in [-0.2, -0.15) is 0 Å². The van der Waals surface area contributed by atoms with E-state index in [2.05, 4.69) is 20.9 Å². The summed E-state index contributed by atoms with van der Waals surface area (Å²) in [6.45, 7) is 3.42. The molecule has 3 aromatic carbocycles. The molecule has 0 fully saturated rings. The summed E-state index contributed by atoms with van der Waals surface area (Å²) in [5, 5.41) is 8.43. The largest absolute Gasteiger partial charge is 0.326 e. The third kappa shape index (κ3) is 6.21. The van der Waals surface area contributed by atoms with Crippen molar-refractivity contribution in [3.63, 3.8) is 0 Å². The van der Waals surface area contributed by atoms with Crippen molar-refractivity contribution in [3.05, 3.63) is 77.9 Å². The second-order valence-corrected chi connectivity index (χ2v) is 9.83. The van der Waals surface area contributed by atoms with Gasteiger partial charge in [-0.1, -0.05) is 29.5 Å². The van der Waals surface area contributed by atoms with Crippen LogP contribution < -0.4 is 16.0 Å². The number of amides is 3. The van der Waals surface area contributed by atoms with Crippen LogP contribution in [0.1, 0.15) is 22.8 Å².